The number of ketones is 1. The van der Waals surface area contributed by atoms with Crippen LogP contribution in [0.5, 0.6) is 0 Å². The molecule has 3 heteroatoms. The molecule has 0 spiro atoms. The van der Waals surface area contributed by atoms with Gasteiger partial charge in [-0.1, -0.05) is 0 Å². The van der Waals surface area contributed by atoms with E-state index in [9.17, 15) is 4.79 Å². The molecule has 0 fully saturated rings. The second kappa shape index (κ2) is 5.40. The third-order valence-corrected chi connectivity index (χ3v) is 3.40. The smallest absolute Gasteiger partial charge is 0.163 e. The van der Waals surface area contributed by atoms with Crippen molar-refractivity contribution >= 4 is 39.7 Å². The summed E-state index contributed by atoms with van der Waals surface area (Å²) >= 11 is 3.81. The van der Waals surface area contributed by atoms with Crippen LogP contribution in [0.3, 0.4) is 0 Å². The molecule has 0 atom stereocenters. The fourth-order valence-corrected chi connectivity index (χ4v) is 2.30. The van der Waals surface area contributed by atoms with Crippen molar-refractivity contribution in [2.45, 2.75) is 19.3 Å². The summed E-state index contributed by atoms with van der Waals surface area (Å²) < 4.78 is 1.15. The van der Waals surface area contributed by atoms with Crippen LogP contribution >= 0.6 is 33.9 Å². The molecule has 1 aromatic rings. The summed E-state index contributed by atoms with van der Waals surface area (Å²) in [7, 11) is 0. The number of hydrogen-bond acceptors (Lipinski definition) is 2. The average molecular weight is 304 g/mol. The van der Waals surface area contributed by atoms with Crippen LogP contribution in [0.4, 0.5) is 0 Å². The van der Waals surface area contributed by atoms with Crippen LogP contribution < -0.4 is 0 Å². The van der Waals surface area contributed by atoms with Gasteiger partial charge in [-0.2, -0.15) is 0 Å². The average Bonchev–Trinajstić information content (AvgIpc) is 2.52. The number of hydrogen-bond donors (Lipinski definition) is 0. The number of unbranched alkanes of at least 4 members (excludes halogenated alkanes) is 1. The molecular formula is C10H9IOS. The van der Waals surface area contributed by atoms with Gasteiger partial charge in [0.15, 0.2) is 5.78 Å². The molecule has 0 aliphatic heterocycles. The van der Waals surface area contributed by atoms with Crippen molar-refractivity contribution in [3.8, 4) is 12.3 Å². The van der Waals surface area contributed by atoms with E-state index in [4.69, 9.17) is 6.42 Å². The van der Waals surface area contributed by atoms with Gasteiger partial charge in [-0.05, 0) is 35.1 Å². The van der Waals surface area contributed by atoms with E-state index in [1.165, 1.54) is 0 Å². The third kappa shape index (κ3) is 3.49. The Morgan fingerprint density at radius 2 is 2.46 bits per heavy atom. The minimum atomic E-state index is 0.203. The molecule has 0 saturated heterocycles. The van der Waals surface area contributed by atoms with Crippen molar-refractivity contribution in [1.82, 2.24) is 0 Å². The predicted octanol–water partition coefficient (Wildman–Crippen LogP) is 3.34. The molecule has 0 saturated carbocycles. The summed E-state index contributed by atoms with van der Waals surface area (Å²) in [6, 6.07) is 1.92. The number of Topliss-reactive ketones (excluding diaryl/α,β-unsaturated/α-hetero) is 1. The maximum atomic E-state index is 11.5. The molecule has 0 N–H and O–H groups in total. The molecule has 68 valence electrons. The van der Waals surface area contributed by atoms with Crippen molar-refractivity contribution in [3.05, 3.63) is 19.9 Å². The van der Waals surface area contributed by atoms with E-state index in [1.54, 1.807) is 11.3 Å². The second-order valence-corrected chi connectivity index (χ2v) is 5.43. The highest BCUT2D eigenvalue weighted by molar-refractivity contribution is 14.1. The van der Waals surface area contributed by atoms with Crippen LogP contribution in [0.2, 0.25) is 0 Å². The maximum Gasteiger partial charge on any atom is 0.163 e. The Labute approximate surface area is 95.7 Å². The quantitative estimate of drug-likeness (QED) is 0.361. The number of halogens is 1. The summed E-state index contributed by atoms with van der Waals surface area (Å²) in [4.78, 5) is 11.5. The Morgan fingerprint density at radius 3 is 3.00 bits per heavy atom. The van der Waals surface area contributed by atoms with Gasteiger partial charge in [-0.15, -0.1) is 23.7 Å². The van der Waals surface area contributed by atoms with Crippen molar-refractivity contribution in [2.75, 3.05) is 0 Å². The molecule has 1 aromatic heterocycles. The number of terminal acetylenes is 1. The lowest BCUT2D eigenvalue weighted by Crippen LogP contribution is -1.95. The number of thiophene rings is 1. The van der Waals surface area contributed by atoms with E-state index in [-0.39, 0.29) is 5.78 Å². The zero-order chi connectivity index (χ0) is 9.68. The summed E-state index contributed by atoms with van der Waals surface area (Å²) in [6.07, 6.45) is 7.14. The van der Waals surface area contributed by atoms with Gasteiger partial charge >= 0.3 is 0 Å². The molecule has 0 aromatic carbocycles. The highest BCUT2D eigenvalue weighted by atomic mass is 127. The Hall–Kier alpha value is -0.340. The van der Waals surface area contributed by atoms with Gasteiger partial charge in [-0.25, -0.2) is 0 Å². The van der Waals surface area contributed by atoms with E-state index in [0.717, 1.165) is 14.9 Å². The van der Waals surface area contributed by atoms with Gasteiger partial charge < -0.3 is 0 Å². The Balaban J connectivity index is 2.45. The molecule has 13 heavy (non-hydrogen) atoms. The van der Waals surface area contributed by atoms with Crippen LogP contribution in [0.15, 0.2) is 11.4 Å². The maximum absolute atomic E-state index is 11.5. The van der Waals surface area contributed by atoms with Crippen molar-refractivity contribution in [3.63, 3.8) is 0 Å². The molecule has 0 aliphatic carbocycles. The van der Waals surface area contributed by atoms with Crippen LogP contribution in [-0.4, -0.2) is 5.78 Å². The predicted molar refractivity (Wildman–Crippen MR) is 64.1 cm³/mol. The first-order valence-corrected chi connectivity index (χ1v) is 5.90. The zero-order valence-corrected chi connectivity index (χ0v) is 10.0. The monoisotopic (exact) mass is 304 g/mol. The first-order chi connectivity index (χ1) is 6.24. The molecule has 1 nitrogen and oxygen atoms in total. The van der Waals surface area contributed by atoms with Gasteiger partial charge in [0.2, 0.25) is 0 Å². The van der Waals surface area contributed by atoms with Crippen LogP contribution in [0.25, 0.3) is 0 Å². The van der Waals surface area contributed by atoms with E-state index in [0.29, 0.717) is 12.8 Å². The summed E-state index contributed by atoms with van der Waals surface area (Å²) in [6.45, 7) is 0. The number of carbonyl (C=O) groups is 1. The van der Waals surface area contributed by atoms with Gasteiger partial charge in [-0.3, -0.25) is 4.79 Å². The second-order valence-electron chi connectivity index (χ2n) is 2.62. The zero-order valence-electron chi connectivity index (χ0n) is 7.05. The molecule has 0 bridgehead atoms. The molecular weight excluding hydrogens is 295 g/mol. The Morgan fingerprint density at radius 1 is 1.69 bits per heavy atom. The minimum Gasteiger partial charge on any atom is -0.294 e. The van der Waals surface area contributed by atoms with E-state index >= 15 is 0 Å². The van der Waals surface area contributed by atoms with Crippen molar-refractivity contribution in [2.24, 2.45) is 0 Å². The summed E-state index contributed by atoms with van der Waals surface area (Å²) in [5, 5.41) is 1.90. The SMILES string of the molecule is C#CCCCC(=O)c1csc(I)c1. The topological polar surface area (TPSA) is 17.1 Å². The molecule has 0 radical (unpaired) electrons. The summed E-state index contributed by atoms with van der Waals surface area (Å²) in [5.41, 5.74) is 0.825. The highest BCUT2D eigenvalue weighted by Crippen LogP contribution is 2.18. The lowest BCUT2D eigenvalue weighted by Gasteiger charge is -1.93. The third-order valence-electron chi connectivity index (χ3n) is 1.61. The fraction of sp³-hybridized carbons (Fsp3) is 0.300. The molecule has 0 unspecified atom stereocenters. The van der Waals surface area contributed by atoms with Crippen LogP contribution in [-0.2, 0) is 0 Å². The van der Waals surface area contributed by atoms with Gasteiger partial charge in [0.1, 0.15) is 0 Å². The summed E-state index contributed by atoms with van der Waals surface area (Å²) in [5.74, 6) is 2.73. The Bertz CT molecular complexity index is 335. The normalized spacial score (nSPS) is 9.54. The first kappa shape index (κ1) is 10.7. The molecule has 1 heterocycles. The van der Waals surface area contributed by atoms with Crippen LogP contribution in [0.1, 0.15) is 29.6 Å². The molecule has 0 amide bonds. The minimum absolute atomic E-state index is 0.203. The van der Waals surface area contributed by atoms with E-state index in [1.807, 2.05) is 11.4 Å². The fourth-order valence-electron chi connectivity index (χ4n) is 0.952. The largest absolute Gasteiger partial charge is 0.294 e. The lowest BCUT2D eigenvalue weighted by atomic mass is 10.1. The molecule has 0 aliphatic rings. The van der Waals surface area contributed by atoms with Gasteiger partial charge in [0.25, 0.3) is 0 Å². The highest BCUT2D eigenvalue weighted by Gasteiger charge is 2.06. The van der Waals surface area contributed by atoms with Gasteiger partial charge in [0.05, 0.1) is 2.88 Å². The van der Waals surface area contributed by atoms with Gasteiger partial charge in [0, 0.05) is 23.8 Å². The van der Waals surface area contributed by atoms with E-state index in [2.05, 4.69) is 28.5 Å². The lowest BCUT2D eigenvalue weighted by molar-refractivity contribution is 0.0981. The van der Waals surface area contributed by atoms with Crippen LogP contribution in [0, 0.1) is 15.2 Å². The number of carbonyl (C=O) groups excluding carboxylic acids is 1. The molecule has 1 rings (SSSR count). The van der Waals surface area contributed by atoms with Crippen molar-refractivity contribution in [1.29, 1.82) is 0 Å². The first-order valence-electron chi connectivity index (χ1n) is 3.94. The standard InChI is InChI=1S/C10H9IOS/c1-2-3-4-5-9(12)8-6-10(11)13-7-8/h1,6-7H,3-5H2. The Kier molecular flexibility index (Phi) is 4.46. The van der Waals surface area contributed by atoms with E-state index < -0.39 is 0 Å². The number of rotatable bonds is 4. The van der Waals surface area contributed by atoms with Crippen molar-refractivity contribution < 1.29 is 4.79 Å².